The summed E-state index contributed by atoms with van der Waals surface area (Å²) < 4.78 is 47.2. The van der Waals surface area contributed by atoms with Gasteiger partial charge in [0.1, 0.15) is 11.1 Å². The topological polar surface area (TPSA) is 748 Å². The van der Waals surface area contributed by atoms with Gasteiger partial charge in [-0.25, -0.2) is 0 Å². The van der Waals surface area contributed by atoms with Gasteiger partial charge in [-0.1, -0.05) is 13.8 Å². The molecule has 0 aliphatic carbocycles. The highest BCUT2D eigenvalue weighted by Crippen LogP contribution is 2.13. The number of carbonyl (C=O) groups excluding carboxylic acids is 10. The Morgan fingerprint density at radius 3 is 0.615 bits per heavy atom. The van der Waals surface area contributed by atoms with Gasteiger partial charge in [0.2, 0.25) is 59.1 Å². The Balaban J connectivity index is 5.87. The fourth-order valence-corrected chi connectivity index (χ4v) is 8.91. The smallest absolute Gasteiger partial charge is 0.222 e. The molecule has 0 saturated carbocycles. The van der Waals surface area contributed by atoms with Gasteiger partial charge in [-0.3, -0.25) is 80.4 Å². The lowest BCUT2D eigenvalue weighted by molar-refractivity contribution is -0.131. The van der Waals surface area contributed by atoms with Crippen LogP contribution in [0.1, 0.15) is 78.1 Å². The van der Waals surface area contributed by atoms with E-state index in [1.165, 1.54) is 0 Å². The van der Waals surface area contributed by atoms with Gasteiger partial charge in [0.05, 0.1) is 112 Å². The lowest BCUT2D eigenvalue weighted by Gasteiger charge is -2.34. The van der Waals surface area contributed by atoms with E-state index in [1.807, 2.05) is 13.8 Å². The molecule has 0 spiro atoms. The third-order valence-electron chi connectivity index (χ3n) is 14.0. The average Bonchev–Trinajstić information content (AvgIpc) is 0.861. The molecule has 0 saturated heterocycles. The number of amides is 10. The van der Waals surface area contributed by atoms with Gasteiger partial charge in [-0.15, -0.1) is 0 Å². The highest BCUT2D eigenvalue weighted by Gasteiger charge is 2.36. The zero-order valence-electron chi connectivity index (χ0n) is 62.8. The second-order valence-electron chi connectivity index (χ2n) is 24.5. The molecule has 0 atom stereocenters. The lowest BCUT2D eigenvalue weighted by atomic mass is 10.0. The van der Waals surface area contributed by atoms with E-state index in [0.29, 0.717) is 0 Å². The van der Waals surface area contributed by atoms with Gasteiger partial charge in [0, 0.05) is 162 Å². The monoisotopic (exact) mass is 1560 g/mol. The maximum atomic E-state index is 13.7. The third kappa shape index (κ3) is 62.7. The molecule has 624 valence electrons. The normalized spacial score (nSPS) is 12.2. The SMILES string of the molecule is CC(C)NC(COCCC(=O)NCCC(=O)NC(COCCC(=O)NCCNC(=N)N)(COCCC(=O)NCCNC(=N)N)COCCC(=O)NCCNC(=N)N)COCCC(=O)NCCC(=O)NC(COCCC(=O)NCCNC(=N)N)(COCCC(=O)NCCNC(=N)N)COCCC(=O)NCCNC(=N)N. The average molecular weight is 1560 g/mol. The Bertz CT molecular complexity index is 2380. The molecule has 0 heterocycles. The van der Waals surface area contributed by atoms with Gasteiger partial charge in [0.15, 0.2) is 35.8 Å². The number of hydrogen-bond donors (Lipinski definition) is 29. The van der Waals surface area contributed by atoms with Crippen LogP contribution in [0.25, 0.3) is 0 Å². The standard InChI is InChI=1S/C62H123N29O18/c1-43(2)89-44(35-102-27-5-45(92)75-13-3-53(100)90-61(37-104-29-7-47(94)77-15-21-83-55(63)64,38-105-30-8-48(95)78-16-22-84-56(65)66)39-106-31-9-49(96)79-17-23-85-57(67)68)36-103-28-6-46(93)76-14-4-54(101)91-62(40-107-32-10-50(97)80-18-24-86-58(69)70,41-108-33-11-51(98)81-19-25-87-59(71)72)42-109-34-12-52(99)82-20-26-88-60(73)74/h43-44,89H,3-42H2,1-2H3,(H,75,92)(H,76,93)(H,77,94)(H,78,95)(H,79,96)(H,80,97)(H,81,98)(H,82,99)(H,90,100)(H,91,101)(H4,63,64,83)(H4,65,66,84)(H4,67,68,85)(H4,69,70,86)(H4,71,72,87)(H4,73,74,88). The molecule has 47 nitrogen and oxygen atoms in total. The van der Waals surface area contributed by atoms with Gasteiger partial charge in [-0.05, 0) is 0 Å². The highest BCUT2D eigenvalue weighted by atomic mass is 16.5. The van der Waals surface area contributed by atoms with Gasteiger partial charge < -0.3 is 163 Å². The summed E-state index contributed by atoms with van der Waals surface area (Å²) in [5.41, 5.74) is 28.8. The van der Waals surface area contributed by atoms with E-state index < -0.39 is 34.7 Å². The van der Waals surface area contributed by atoms with E-state index in [-0.39, 0.29) is 345 Å². The largest absolute Gasteiger partial charge is 0.379 e. The third-order valence-corrected chi connectivity index (χ3v) is 14.0. The zero-order valence-corrected chi connectivity index (χ0v) is 62.8. The van der Waals surface area contributed by atoms with E-state index in [9.17, 15) is 47.9 Å². The lowest BCUT2D eigenvalue weighted by Crippen LogP contribution is -2.59. The van der Waals surface area contributed by atoms with Crippen LogP contribution < -0.4 is 125 Å². The summed E-state index contributed by atoms with van der Waals surface area (Å²) in [6.45, 7) is 3.52. The molecule has 0 radical (unpaired) electrons. The molecule has 0 bridgehead atoms. The Morgan fingerprint density at radius 1 is 0.257 bits per heavy atom. The molecule has 35 N–H and O–H groups in total. The van der Waals surface area contributed by atoms with Crippen molar-refractivity contribution in [2.24, 2.45) is 34.4 Å². The van der Waals surface area contributed by atoms with Crippen LogP contribution in [0.2, 0.25) is 0 Å². The van der Waals surface area contributed by atoms with Crippen LogP contribution in [-0.2, 0) is 85.8 Å². The van der Waals surface area contributed by atoms with Crippen molar-refractivity contribution in [1.82, 2.24) is 90.4 Å². The second kappa shape index (κ2) is 62.9. The van der Waals surface area contributed by atoms with Crippen LogP contribution in [-0.4, -0.2) is 315 Å². The van der Waals surface area contributed by atoms with Crippen molar-refractivity contribution >= 4 is 94.8 Å². The van der Waals surface area contributed by atoms with Crippen molar-refractivity contribution in [2.45, 2.75) is 101 Å². The van der Waals surface area contributed by atoms with Crippen LogP contribution >= 0.6 is 0 Å². The summed E-state index contributed by atoms with van der Waals surface area (Å²) in [6, 6.07) is -0.400. The van der Waals surface area contributed by atoms with Crippen molar-refractivity contribution in [3.8, 4) is 0 Å². The van der Waals surface area contributed by atoms with Gasteiger partial charge in [-0.2, -0.15) is 0 Å². The molecular weight excluding hydrogens is 1440 g/mol. The van der Waals surface area contributed by atoms with Crippen LogP contribution in [0.5, 0.6) is 0 Å². The fraction of sp³-hybridized carbons (Fsp3) is 0.742. The molecule has 10 amide bonds. The molecular formula is C62H123N29O18. The first-order valence-corrected chi connectivity index (χ1v) is 35.5. The molecule has 0 aliphatic rings. The Labute approximate surface area is 634 Å². The van der Waals surface area contributed by atoms with Crippen LogP contribution in [0.3, 0.4) is 0 Å². The number of guanidine groups is 6. The first-order chi connectivity index (χ1) is 51.9. The second-order valence-corrected chi connectivity index (χ2v) is 24.5. The van der Waals surface area contributed by atoms with E-state index in [0.717, 1.165) is 0 Å². The summed E-state index contributed by atoms with van der Waals surface area (Å²) in [6.07, 6.45) is -1.29. The summed E-state index contributed by atoms with van der Waals surface area (Å²) in [7, 11) is 0. The summed E-state index contributed by atoms with van der Waals surface area (Å²) in [5.74, 6) is -5.92. The molecule has 0 rings (SSSR count). The quantitative estimate of drug-likeness (QED) is 0.0153. The number of nitrogens with one attached hydrogen (secondary N) is 23. The minimum Gasteiger partial charge on any atom is -0.379 e. The Kier molecular flexibility index (Phi) is 57.1. The maximum Gasteiger partial charge on any atom is 0.222 e. The first kappa shape index (κ1) is 99.0. The van der Waals surface area contributed by atoms with Crippen molar-refractivity contribution < 1.29 is 85.8 Å². The van der Waals surface area contributed by atoms with Crippen LogP contribution in [0.4, 0.5) is 0 Å². The first-order valence-electron chi connectivity index (χ1n) is 35.5. The predicted octanol–water partition coefficient (Wildman–Crippen LogP) is -11.1. The van der Waals surface area contributed by atoms with E-state index in [4.69, 9.17) is 105 Å². The Hall–Kier alpha value is -10.0. The van der Waals surface area contributed by atoms with Crippen LogP contribution in [0, 0.1) is 32.5 Å². The van der Waals surface area contributed by atoms with Crippen molar-refractivity contribution in [3.63, 3.8) is 0 Å². The number of hydrogen-bond acceptors (Lipinski definition) is 25. The minimum atomic E-state index is -1.47. The molecule has 0 fully saturated rings. The number of nitrogens with two attached hydrogens (primary N) is 6. The molecule has 109 heavy (non-hydrogen) atoms. The number of ether oxygens (including phenoxy) is 8. The van der Waals surface area contributed by atoms with Crippen molar-refractivity contribution in [2.75, 3.05) is 197 Å². The molecule has 0 aromatic heterocycles. The van der Waals surface area contributed by atoms with Crippen LogP contribution in [0.15, 0.2) is 0 Å². The van der Waals surface area contributed by atoms with Gasteiger partial charge in [0.25, 0.3) is 0 Å². The summed E-state index contributed by atoms with van der Waals surface area (Å²) in [4.78, 5) is 129. The maximum absolute atomic E-state index is 13.7. The number of rotatable bonds is 68. The predicted molar refractivity (Wildman–Crippen MR) is 400 cm³/mol. The summed E-state index contributed by atoms with van der Waals surface area (Å²) >= 11 is 0. The van der Waals surface area contributed by atoms with E-state index in [1.54, 1.807) is 0 Å². The molecule has 0 aromatic carbocycles. The van der Waals surface area contributed by atoms with Crippen molar-refractivity contribution in [1.29, 1.82) is 32.5 Å². The summed E-state index contributed by atoms with van der Waals surface area (Å²) in [5, 5.41) is 89.5. The Morgan fingerprint density at radius 2 is 0.431 bits per heavy atom. The molecule has 0 aliphatic heterocycles. The minimum absolute atomic E-state index is 0.0210. The molecule has 0 aromatic rings. The molecule has 47 heteroatoms. The van der Waals surface area contributed by atoms with Gasteiger partial charge >= 0.3 is 0 Å². The van der Waals surface area contributed by atoms with E-state index >= 15 is 0 Å². The number of carbonyl (C=O) groups is 10. The molecule has 0 unspecified atom stereocenters. The fourth-order valence-electron chi connectivity index (χ4n) is 8.91. The van der Waals surface area contributed by atoms with Crippen molar-refractivity contribution in [3.05, 3.63) is 0 Å². The van der Waals surface area contributed by atoms with E-state index in [2.05, 4.69) is 90.4 Å². The zero-order chi connectivity index (χ0) is 81.4. The highest BCUT2D eigenvalue weighted by molar-refractivity contribution is 5.82.